The molecule has 1 N–H and O–H groups in total. The monoisotopic (exact) mass is 215 g/mol. The zero-order valence-electron chi connectivity index (χ0n) is 10.1. The van der Waals surface area contributed by atoms with E-state index in [0.29, 0.717) is 5.92 Å². The second-order valence-corrected chi connectivity index (χ2v) is 11.5. The van der Waals surface area contributed by atoms with Gasteiger partial charge in [-0.2, -0.15) is 0 Å². The van der Waals surface area contributed by atoms with Crippen LogP contribution in [0.4, 0.5) is 0 Å². The topological polar surface area (TPSA) is 23.5 Å². The molecule has 0 saturated heterocycles. The van der Waals surface area contributed by atoms with Crippen molar-refractivity contribution in [3.63, 3.8) is 0 Å². The summed E-state index contributed by atoms with van der Waals surface area (Å²) in [6.45, 7) is 8.28. The van der Waals surface area contributed by atoms with Gasteiger partial charge >= 0.3 is 0 Å². The molecule has 2 nitrogen and oxygen atoms in total. The fourth-order valence-corrected chi connectivity index (χ4v) is 4.25. The quantitative estimate of drug-likeness (QED) is 0.725. The molecule has 0 heterocycles. The highest BCUT2D eigenvalue weighted by Crippen LogP contribution is 2.26. The Labute approximate surface area is 89.3 Å². The first kappa shape index (κ1) is 12.2. The van der Waals surface area contributed by atoms with Crippen molar-refractivity contribution < 1.29 is 5.11 Å². The van der Waals surface area contributed by atoms with E-state index < -0.39 is 8.07 Å². The first-order chi connectivity index (χ1) is 6.38. The summed E-state index contributed by atoms with van der Waals surface area (Å²) in [4.78, 5) is 2.42. The molecule has 0 amide bonds. The number of nitrogens with zero attached hydrogens (tertiary/aromatic N) is 1. The lowest BCUT2D eigenvalue weighted by molar-refractivity contribution is 0.113. The van der Waals surface area contributed by atoms with Crippen LogP contribution in [0.2, 0.25) is 19.6 Å². The summed E-state index contributed by atoms with van der Waals surface area (Å²) in [7, 11) is 1.23. The van der Waals surface area contributed by atoms with Crippen molar-refractivity contribution in [2.24, 2.45) is 5.92 Å². The molecule has 2 unspecified atom stereocenters. The molecule has 1 aliphatic rings. The van der Waals surface area contributed by atoms with Gasteiger partial charge in [0.2, 0.25) is 0 Å². The lowest BCUT2D eigenvalue weighted by atomic mass is 10.1. The average molecular weight is 215 g/mol. The third kappa shape index (κ3) is 4.11. The highest BCUT2D eigenvalue weighted by Gasteiger charge is 2.27. The van der Waals surface area contributed by atoms with Gasteiger partial charge in [-0.1, -0.05) is 26.1 Å². The van der Waals surface area contributed by atoms with E-state index in [1.54, 1.807) is 0 Å². The summed E-state index contributed by atoms with van der Waals surface area (Å²) >= 11 is 0. The maximum atomic E-state index is 9.72. The normalized spacial score (nSPS) is 28.7. The minimum atomic E-state index is -0.970. The van der Waals surface area contributed by atoms with Gasteiger partial charge in [-0.05, 0) is 32.0 Å². The van der Waals surface area contributed by atoms with Crippen LogP contribution in [0.15, 0.2) is 0 Å². The molecular weight excluding hydrogens is 190 g/mol. The van der Waals surface area contributed by atoms with Crippen LogP contribution in [0, 0.1) is 5.92 Å². The number of hydrogen-bond donors (Lipinski definition) is 1. The summed E-state index contributed by atoms with van der Waals surface area (Å²) in [5, 5.41) is 9.72. The van der Waals surface area contributed by atoms with E-state index in [2.05, 4.69) is 31.6 Å². The Morgan fingerprint density at radius 1 is 1.29 bits per heavy atom. The molecule has 0 bridgehead atoms. The summed E-state index contributed by atoms with van der Waals surface area (Å²) in [6, 6.07) is 0. The van der Waals surface area contributed by atoms with Gasteiger partial charge in [-0.3, -0.25) is 0 Å². The van der Waals surface area contributed by atoms with E-state index >= 15 is 0 Å². The van der Waals surface area contributed by atoms with E-state index in [4.69, 9.17) is 0 Å². The van der Waals surface area contributed by atoms with Crippen molar-refractivity contribution in [3.8, 4) is 0 Å². The Morgan fingerprint density at radius 3 is 2.36 bits per heavy atom. The van der Waals surface area contributed by atoms with Gasteiger partial charge in [0, 0.05) is 6.54 Å². The SMILES string of the molecule is CN(CC1CCCC1O)C[Si](C)(C)C. The third-order valence-corrected chi connectivity index (χ3v) is 4.40. The number of aliphatic hydroxyl groups excluding tert-OH is 1. The Kier molecular flexibility index (Phi) is 4.16. The molecular formula is C11H25NOSi. The van der Waals surface area contributed by atoms with Gasteiger partial charge in [0.25, 0.3) is 0 Å². The molecule has 0 aromatic rings. The van der Waals surface area contributed by atoms with Crippen LogP contribution in [-0.4, -0.2) is 43.9 Å². The second kappa shape index (κ2) is 4.77. The zero-order valence-corrected chi connectivity index (χ0v) is 11.1. The fourth-order valence-electron chi connectivity index (χ4n) is 2.50. The molecule has 0 spiro atoms. The van der Waals surface area contributed by atoms with Crippen molar-refractivity contribution in [2.75, 3.05) is 19.8 Å². The Balaban J connectivity index is 2.29. The highest BCUT2D eigenvalue weighted by atomic mass is 28.3. The predicted octanol–water partition coefficient (Wildman–Crippen LogP) is 1.96. The van der Waals surface area contributed by atoms with Crippen LogP contribution in [0.25, 0.3) is 0 Å². The lowest BCUT2D eigenvalue weighted by Crippen LogP contribution is -2.41. The molecule has 1 aliphatic carbocycles. The van der Waals surface area contributed by atoms with Crippen LogP contribution in [-0.2, 0) is 0 Å². The Hall–Kier alpha value is 0.137. The summed E-state index contributed by atoms with van der Waals surface area (Å²) in [5.74, 6) is 0.538. The van der Waals surface area contributed by atoms with E-state index in [1.807, 2.05) is 0 Å². The third-order valence-electron chi connectivity index (χ3n) is 2.91. The largest absolute Gasteiger partial charge is 0.393 e. The number of hydrogen-bond acceptors (Lipinski definition) is 2. The number of rotatable bonds is 4. The van der Waals surface area contributed by atoms with Crippen LogP contribution >= 0.6 is 0 Å². The molecule has 0 aromatic carbocycles. The zero-order chi connectivity index (χ0) is 10.8. The first-order valence-corrected chi connectivity index (χ1v) is 9.46. The Morgan fingerprint density at radius 2 is 1.93 bits per heavy atom. The van der Waals surface area contributed by atoms with E-state index in [-0.39, 0.29) is 6.10 Å². The summed E-state index contributed by atoms with van der Waals surface area (Å²) < 4.78 is 0. The summed E-state index contributed by atoms with van der Waals surface area (Å²) in [6.07, 6.45) is 4.67. The van der Waals surface area contributed by atoms with Gasteiger partial charge in [-0.25, -0.2) is 0 Å². The maximum absolute atomic E-state index is 9.72. The van der Waals surface area contributed by atoms with Crippen molar-refractivity contribution in [1.29, 1.82) is 0 Å². The van der Waals surface area contributed by atoms with Crippen molar-refractivity contribution >= 4 is 8.07 Å². The fraction of sp³-hybridized carbons (Fsp3) is 1.00. The molecule has 1 saturated carbocycles. The van der Waals surface area contributed by atoms with Gasteiger partial charge in [0.1, 0.15) is 0 Å². The molecule has 0 aliphatic heterocycles. The van der Waals surface area contributed by atoms with Gasteiger partial charge in [0.15, 0.2) is 0 Å². The smallest absolute Gasteiger partial charge is 0.0599 e. The molecule has 84 valence electrons. The van der Waals surface area contributed by atoms with E-state index in [1.165, 1.54) is 19.0 Å². The lowest BCUT2D eigenvalue weighted by Gasteiger charge is -2.28. The van der Waals surface area contributed by atoms with Crippen LogP contribution < -0.4 is 0 Å². The van der Waals surface area contributed by atoms with Gasteiger partial charge in [0.05, 0.1) is 14.2 Å². The van der Waals surface area contributed by atoms with E-state index in [0.717, 1.165) is 13.0 Å². The van der Waals surface area contributed by atoms with Crippen molar-refractivity contribution in [1.82, 2.24) is 4.90 Å². The molecule has 0 aromatic heterocycles. The molecule has 14 heavy (non-hydrogen) atoms. The van der Waals surface area contributed by atoms with Crippen LogP contribution in [0.3, 0.4) is 0 Å². The molecule has 2 atom stereocenters. The Bertz CT molecular complexity index is 179. The van der Waals surface area contributed by atoms with Crippen LogP contribution in [0.5, 0.6) is 0 Å². The minimum absolute atomic E-state index is 0.0286. The van der Waals surface area contributed by atoms with Crippen molar-refractivity contribution in [3.05, 3.63) is 0 Å². The maximum Gasteiger partial charge on any atom is 0.0599 e. The summed E-state index contributed by atoms with van der Waals surface area (Å²) in [5.41, 5.74) is 0. The second-order valence-electron chi connectivity index (χ2n) is 6.02. The molecule has 3 heteroatoms. The molecule has 1 rings (SSSR count). The first-order valence-electron chi connectivity index (χ1n) is 5.75. The average Bonchev–Trinajstić information content (AvgIpc) is 2.32. The molecule has 1 fully saturated rings. The van der Waals surface area contributed by atoms with Gasteiger partial charge < -0.3 is 10.0 Å². The van der Waals surface area contributed by atoms with Gasteiger partial charge in [-0.15, -0.1) is 0 Å². The molecule has 0 radical (unpaired) electrons. The highest BCUT2D eigenvalue weighted by molar-refractivity contribution is 6.76. The minimum Gasteiger partial charge on any atom is -0.393 e. The predicted molar refractivity (Wildman–Crippen MR) is 64.2 cm³/mol. The van der Waals surface area contributed by atoms with Crippen LogP contribution in [0.1, 0.15) is 19.3 Å². The van der Waals surface area contributed by atoms with E-state index in [9.17, 15) is 5.11 Å². The standard InChI is InChI=1S/C11H25NOSi/c1-12(9-14(2,3)4)8-10-6-5-7-11(10)13/h10-11,13H,5-9H2,1-4H3. The van der Waals surface area contributed by atoms with Crippen molar-refractivity contribution in [2.45, 2.75) is 45.0 Å². The number of aliphatic hydroxyl groups is 1.